The summed E-state index contributed by atoms with van der Waals surface area (Å²) in [5.74, 6) is -1.10. The number of carboxylic acids is 1. The number of amides is 1. The van der Waals surface area contributed by atoms with Crippen molar-refractivity contribution >= 4 is 11.9 Å². The maximum Gasteiger partial charge on any atom is 0.326 e. The van der Waals surface area contributed by atoms with Crippen molar-refractivity contribution in [2.45, 2.75) is 32.7 Å². The lowest BCUT2D eigenvalue weighted by atomic mass is 9.86. The van der Waals surface area contributed by atoms with Crippen molar-refractivity contribution in [3.63, 3.8) is 0 Å². The number of fused-ring (bicyclic) bond motifs is 1. The number of carboxylic acid groups (broad SMARTS) is 1. The van der Waals surface area contributed by atoms with Crippen LogP contribution < -0.4 is 10.1 Å². The summed E-state index contributed by atoms with van der Waals surface area (Å²) in [5, 5.41) is 11.9. The van der Waals surface area contributed by atoms with Crippen molar-refractivity contribution in [2.75, 3.05) is 6.61 Å². The molecule has 108 valence electrons. The van der Waals surface area contributed by atoms with Crippen LogP contribution in [-0.2, 0) is 9.59 Å². The Labute approximate surface area is 117 Å². The normalized spacial score (nSPS) is 18.9. The number of aliphatic carboxylic acids is 1. The third kappa shape index (κ3) is 2.76. The molecule has 5 nitrogen and oxygen atoms in total. The van der Waals surface area contributed by atoms with Gasteiger partial charge in [0.15, 0.2) is 0 Å². The molecular formula is C15H19NO4. The van der Waals surface area contributed by atoms with Crippen LogP contribution in [0.15, 0.2) is 24.3 Å². The molecule has 2 atom stereocenters. The topological polar surface area (TPSA) is 75.6 Å². The van der Waals surface area contributed by atoms with E-state index < -0.39 is 23.3 Å². The van der Waals surface area contributed by atoms with Crippen LogP contribution in [-0.4, -0.2) is 29.6 Å². The van der Waals surface area contributed by atoms with Gasteiger partial charge in [0.05, 0.1) is 0 Å². The molecule has 0 fully saturated rings. The zero-order valence-electron chi connectivity index (χ0n) is 11.8. The molecule has 0 aromatic heterocycles. The lowest BCUT2D eigenvalue weighted by molar-refractivity contribution is -0.145. The molecule has 0 saturated carbocycles. The summed E-state index contributed by atoms with van der Waals surface area (Å²) in [4.78, 5) is 23.6. The van der Waals surface area contributed by atoms with Gasteiger partial charge in [-0.15, -0.1) is 0 Å². The van der Waals surface area contributed by atoms with Gasteiger partial charge in [0.25, 0.3) is 0 Å². The minimum atomic E-state index is -1.03. The summed E-state index contributed by atoms with van der Waals surface area (Å²) in [6.07, 6.45) is 0. The largest absolute Gasteiger partial charge is 0.492 e. The molecule has 1 unspecified atom stereocenters. The van der Waals surface area contributed by atoms with E-state index in [0.29, 0.717) is 5.75 Å². The quantitative estimate of drug-likeness (QED) is 0.883. The van der Waals surface area contributed by atoms with E-state index in [0.717, 1.165) is 5.56 Å². The molecule has 0 spiro atoms. The van der Waals surface area contributed by atoms with E-state index in [1.165, 1.54) is 0 Å². The van der Waals surface area contributed by atoms with E-state index in [4.69, 9.17) is 4.74 Å². The highest BCUT2D eigenvalue weighted by Crippen LogP contribution is 2.34. The number of para-hydroxylation sites is 1. The molecule has 1 aliphatic rings. The van der Waals surface area contributed by atoms with Gasteiger partial charge >= 0.3 is 5.97 Å². The number of hydrogen-bond acceptors (Lipinski definition) is 3. The monoisotopic (exact) mass is 277 g/mol. The van der Waals surface area contributed by atoms with E-state index in [1.807, 2.05) is 18.2 Å². The molecule has 0 saturated heterocycles. The highest BCUT2D eigenvalue weighted by atomic mass is 16.5. The van der Waals surface area contributed by atoms with Crippen molar-refractivity contribution in [3.8, 4) is 5.75 Å². The van der Waals surface area contributed by atoms with Gasteiger partial charge in [0.2, 0.25) is 5.91 Å². The second kappa shape index (κ2) is 5.15. The SMILES string of the molecule is CC(C)(C)[C@@H](NC(=O)C1COc2ccccc21)C(=O)O. The Morgan fingerprint density at radius 2 is 2.00 bits per heavy atom. The predicted molar refractivity (Wildman–Crippen MR) is 73.7 cm³/mol. The predicted octanol–water partition coefficient (Wildman–Crippen LogP) is 1.78. The third-order valence-corrected chi connectivity index (χ3v) is 3.42. The average Bonchev–Trinajstić information content (AvgIpc) is 2.77. The van der Waals surface area contributed by atoms with Crippen LogP contribution in [0.1, 0.15) is 32.3 Å². The Balaban J connectivity index is 2.15. The lowest BCUT2D eigenvalue weighted by Gasteiger charge is -2.28. The lowest BCUT2D eigenvalue weighted by Crippen LogP contribution is -2.50. The molecule has 1 heterocycles. The molecule has 2 N–H and O–H groups in total. The van der Waals surface area contributed by atoms with Crippen LogP contribution in [0.4, 0.5) is 0 Å². The molecule has 1 aromatic carbocycles. The highest BCUT2D eigenvalue weighted by molar-refractivity contribution is 5.89. The fourth-order valence-corrected chi connectivity index (χ4v) is 2.27. The molecule has 1 aromatic rings. The standard InChI is InChI=1S/C15H19NO4/c1-15(2,3)12(14(18)19)16-13(17)10-8-20-11-7-5-4-6-9(10)11/h4-7,10,12H,8H2,1-3H3,(H,16,17)(H,18,19)/t10?,12-/m0/s1. The second-order valence-electron chi connectivity index (χ2n) is 6.05. The van der Waals surface area contributed by atoms with Crippen LogP contribution in [0.25, 0.3) is 0 Å². The molecule has 0 radical (unpaired) electrons. The summed E-state index contributed by atoms with van der Waals surface area (Å²) in [6.45, 7) is 5.60. The average molecular weight is 277 g/mol. The summed E-state index contributed by atoms with van der Waals surface area (Å²) in [5.41, 5.74) is 0.253. The zero-order chi connectivity index (χ0) is 14.9. The Hall–Kier alpha value is -2.04. The van der Waals surface area contributed by atoms with Crippen molar-refractivity contribution in [1.29, 1.82) is 0 Å². The number of rotatable bonds is 3. The first kappa shape index (κ1) is 14.4. The number of carbonyl (C=O) groups excluding carboxylic acids is 1. The molecule has 0 bridgehead atoms. The zero-order valence-corrected chi connectivity index (χ0v) is 11.8. The first-order valence-electron chi connectivity index (χ1n) is 6.55. The van der Waals surface area contributed by atoms with Crippen LogP contribution in [0, 0.1) is 5.41 Å². The van der Waals surface area contributed by atoms with Crippen molar-refractivity contribution in [3.05, 3.63) is 29.8 Å². The van der Waals surface area contributed by atoms with Crippen molar-refractivity contribution in [1.82, 2.24) is 5.32 Å². The van der Waals surface area contributed by atoms with Gasteiger partial charge in [-0.3, -0.25) is 4.79 Å². The number of nitrogens with one attached hydrogen (secondary N) is 1. The third-order valence-electron chi connectivity index (χ3n) is 3.42. The fraction of sp³-hybridized carbons (Fsp3) is 0.467. The van der Waals surface area contributed by atoms with E-state index >= 15 is 0 Å². The van der Waals surface area contributed by atoms with Crippen molar-refractivity contribution in [2.24, 2.45) is 5.41 Å². The summed E-state index contributed by atoms with van der Waals surface area (Å²) >= 11 is 0. The fourth-order valence-electron chi connectivity index (χ4n) is 2.27. The molecule has 5 heteroatoms. The maximum atomic E-state index is 12.3. The second-order valence-corrected chi connectivity index (χ2v) is 6.05. The maximum absolute atomic E-state index is 12.3. The molecule has 1 aliphatic heterocycles. The molecule has 1 amide bonds. The number of hydrogen-bond donors (Lipinski definition) is 2. The molecule has 0 aliphatic carbocycles. The van der Waals surface area contributed by atoms with E-state index in [2.05, 4.69) is 5.32 Å². The minimum absolute atomic E-state index is 0.252. The molecule has 2 rings (SSSR count). The van der Waals surface area contributed by atoms with Gasteiger partial charge in [-0.25, -0.2) is 4.79 Å². The Morgan fingerprint density at radius 3 is 2.60 bits per heavy atom. The molecular weight excluding hydrogens is 258 g/mol. The highest BCUT2D eigenvalue weighted by Gasteiger charge is 2.37. The van der Waals surface area contributed by atoms with Crippen molar-refractivity contribution < 1.29 is 19.4 Å². The van der Waals surface area contributed by atoms with Gasteiger partial charge in [-0.2, -0.15) is 0 Å². The van der Waals surface area contributed by atoms with Gasteiger partial charge in [0, 0.05) is 5.56 Å². The van der Waals surface area contributed by atoms with Crippen LogP contribution in [0.3, 0.4) is 0 Å². The smallest absolute Gasteiger partial charge is 0.326 e. The Bertz CT molecular complexity index is 533. The molecule has 20 heavy (non-hydrogen) atoms. The number of ether oxygens (including phenoxy) is 1. The van der Waals surface area contributed by atoms with Gasteiger partial charge < -0.3 is 15.2 Å². The Morgan fingerprint density at radius 1 is 1.35 bits per heavy atom. The first-order valence-corrected chi connectivity index (χ1v) is 6.55. The van der Waals surface area contributed by atoms with Crippen LogP contribution in [0.2, 0.25) is 0 Å². The number of carbonyl (C=O) groups is 2. The Kier molecular flexibility index (Phi) is 3.70. The van der Waals surface area contributed by atoms with Gasteiger partial charge in [0.1, 0.15) is 24.3 Å². The first-order chi connectivity index (χ1) is 9.30. The summed E-state index contributed by atoms with van der Waals surface area (Å²) < 4.78 is 5.45. The van der Waals surface area contributed by atoms with E-state index in [1.54, 1.807) is 26.8 Å². The summed E-state index contributed by atoms with van der Waals surface area (Å²) in [7, 11) is 0. The van der Waals surface area contributed by atoms with Crippen LogP contribution in [0.5, 0.6) is 5.75 Å². The van der Waals surface area contributed by atoms with Gasteiger partial charge in [-0.05, 0) is 11.5 Å². The van der Waals surface area contributed by atoms with Gasteiger partial charge in [-0.1, -0.05) is 39.0 Å². The minimum Gasteiger partial charge on any atom is -0.492 e. The number of benzene rings is 1. The van der Waals surface area contributed by atoms with Crippen LogP contribution >= 0.6 is 0 Å². The van der Waals surface area contributed by atoms with E-state index in [9.17, 15) is 14.7 Å². The summed E-state index contributed by atoms with van der Waals surface area (Å²) in [6, 6.07) is 6.39. The van der Waals surface area contributed by atoms with E-state index in [-0.39, 0.29) is 12.5 Å².